The number of rotatable bonds is 12. The quantitative estimate of drug-likeness (QED) is 0.370. The van der Waals surface area contributed by atoms with Gasteiger partial charge in [-0.25, -0.2) is 0 Å². The molecule has 0 saturated heterocycles. The molecule has 2 N–H and O–H groups in total. The SMILES string of the molecule is COc1cc(CCc2cc(CCc3cc(OC)c(OC)c(OC)c3)c(O)cc2O)cc(OC)c1OC. The van der Waals surface area contributed by atoms with Crippen molar-refractivity contribution in [2.75, 3.05) is 42.7 Å². The van der Waals surface area contributed by atoms with Gasteiger partial charge in [0, 0.05) is 6.07 Å². The van der Waals surface area contributed by atoms with Gasteiger partial charge in [0.05, 0.1) is 42.7 Å². The molecule has 0 saturated carbocycles. The first-order valence-corrected chi connectivity index (χ1v) is 11.5. The Bertz CT molecular complexity index is 1050. The van der Waals surface area contributed by atoms with Gasteiger partial charge in [-0.3, -0.25) is 0 Å². The maximum Gasteiger partial charge on any atom is 0.203 e. The minimum Gasteiger partial charge on any atom is -0.508 e. The minimum absolute atomic E-state index is 0.0523. The van der Waals surface area contributed by atoms with Crippen LogP contribution >= 0.6 is 0 Å². The smallest absolute Gasteiger partial charge is 0.203 e. The van der Waals surface area contributed by atoms with E-state index in [0.717, 1.165) is 22.3 Å². The molecule has 3 aromatic rings. The zero-order valence-corrected chi connectivity index (χ0v) is 21.6. The van der Waals surface area contributed by atoms with E-state index in [-0.39, 0.29) is 11.5 Å². The summed E-state index contributed by atoms with van der Waals surface area (Å²) in [6.45, 7) is 0. The standard InChI is InChI=1S/C28H34O8/c1-31-23-11-17(12-24(32-2)27(23)35-5)7-9-19-15-20(22(30)16-21(19)29)10-8-18-13-25(33-3)28(36-6)26(14-18)34-4/h11-16,29-30H,7-10H2,1-6H3. The summed E-state index contributed by atoms with van der Waals surface area (Å²) in [5.74, 6) is 3.48. The molecular formula is C28H34O8. The van der Waals surface area contributed by atoms with Crippen LogP contribution in [0.1, 0.15) is 22.3 Å². The number of phenols is 2. The monoisotopic (exact) mass is 498 g/mol. The van der Waals surface area contributed by atoms with Crippen molar-refractivity contribution in [3.05, 3.63) is 58.7 Å². The summed E-state index contributed by atoms with van der Waals surface area (Å²) in [6.07, 6.45) is 2.37. The van der Waals surface area contributed by atoms with Crippen LogP contribution < -0.4 is 28.4 Å². The molecular weight excluding hydrogens is 464 g/mol. The highest BCUT2D eigenvalue weighted by Gasteiger charge is 2.16. The zero-order valence-electron chi connectivity index (χ0n) is 21.6. The van der Waals surface area contributed by atoms with Crippen LogP contribution in [0.2, 0.25) is 0 Å². The molecule has 0 atom stereocenters. The molecule has 0 aromatic heterocycles. The Morgan fingerprint density at radius 3 is 1.06 bits per heavy atom. The van der Waals surface area contributed by atoms with E-state index in [0.29, 0.717) is 60.2 Å². The molecule has 0 bridgehead atoms. The molecule has 0 aliphatic carbocycles. The number of methoxy groups -OCH3 is 6. The summed E-state index contributed by atoms with van der Waals surface area (Å²) >= 11 is 0. The second-order valence-corrected chi connectivity index (χ2v) is 8.18. The average molecular weight is 499 g/mol. The molecule has 0 heterocycles. The average Bonchev–Trinajstić information content (AvgIpc) is 2.90. The fourth-order valence-corrected chi connectivity index (χ4v) is 4.19. The summed E-state index contributed by atoms with van der Waals surface area (Å²) in [4.78, 5) is 0. The number of phenolic OH excluding ortho intramolecular Hbond substituents is 2. The Balaban J connectivity index is 1.80. The van der Waals surface area contributed by atoms with Crippen molar-refractivity contribution in [2.24, 2.45) is 0 Å². The Labute approximate surface area is 211 Å². The van der Waals surface area contributed by atoms with Gasteiger partial charge in [-0.1, -0.05) is 0 Å². The molecule has 194 valence electrons. The third-order valence-corrected chi connectivity index (χ3v) is 6.09. The zero-order chi connectivity index (χ0) is 26.2. The molecule has 8 heteroatoms. The molecule has 0 aliphatic rings. The van der Waals surface area contributed by atoms with Crippen molar-refractivity contribution < 1.29 is 38.6 Å². The molecule has 36 heavy (non-hydrogen) atoms. The lowest BCUT2D eigenvalue weighted by molar-refractivity contribution is 0.324. The fourth-order valence-electron chi connectivity index (χ4n) is 4.19. The Kier molecular flexibility index (Phi) is 9.00. The summed E-state index contributed by atoms with van der Waals surface area (Å²) < 4.78 is 32.5. The molecule has 8 nitrogen and oxygen atoms in total. The van der Waals surface area contributed by atoms with E-state index in [1.165, 1.54) is 6.07 Å². The predicted octanol–water partition coefficient (Wildman–Crippen LogP) is 4.72. The molecule has 0 aliphatic heterocycles. The van der Waals surface area contributed by atoms with E-state index in [2.05, 4.69) is 0 Å². The minimum atomic E-state index is 0.0523. The lowest BCUT2D eigenvalue weighted by Crippen LogP contribution is -2.00. The van der Waals surface area contributed by atoms with E-state index in [1.54, 1.807) is 42.7 Å². The van der Waals surface area contributed by atoms with E-state index in [4.69, 9.17) is 28.4 Å². The molecule has 0 spiro atoms. The fraction of sp³-hybridized carbons (Fsp3) is 0.357. The summed E-state index contributed by atoms with van der Waals surface area (Å²) in [5.41, 5.74) is 3.41. The number of aromatic hydroxyl groups is 2. The normalized spacial score (nSPS) is 10.6. The maximum absolute atomic E-state index is 10.5. The van der Waals surface area contributed by atoms with Gasteiger partial charge in [-0.05, 0) is 78.3 Å². The molecule has 0 radical (unpaired) electrons. The van der Waals surface area contributed by atoms with Crippen LogP contribution in [-0.4, -0.2) is 52.9 Å². The van der Waals surface area contributed by atoms with E-state index in [9.17, 15) is 10.2 Å². The van der Waals surface area contributed by atoms with Crippen LogP contribution in [0.15, 0.2) is 36.4 Å². The number of ether oxygens (including phenoxy) is 6. The number of hydrogen-bond acceptors (Lipinski definition) is 8. The van der Waals surface area contributed by atoms with E-state index in [1.807, 2.05) is 30.3 Å². The van der Waals surface area contributed by atoms with Crippen LogP contribution in [0, 0.1) is 0 Å². The highest BCUT2D eigenvalue weighted by atomic mass is 16.5. The van der Waals surface area contributed by atoms with Crippen molar-refractivity contribution in [1.29, 1.82) is 0 Å². The number of aryl methyl sites for hydroxylation is 4. The summed E-state index contributed by atoms with van der Waals surface area (Å²) in [6, 6.07) is 10.8. The van der Waals surface area contributed by atoms with E-state index >= 15 is 0 Å². The van der Waals surface area contributed by atoms with Gasteiger partial charge in [0.25, 0.3) is 0 Å². The molecule has 3 rings (SSSR count). The first-order chi connectivity index (χ1) is 17.4. The van der Waals surface area contributed by atoms with Crippen molar-refractivity contribution in [1.82, 2.24) is 0 Å². The van der Waals surface area contributed by atoms with Crippen molar-refractivity contribution in [3.63, 3.8) is 0 Å². The van der Waals surface area contributed by atoms with Crippen LogP contribution in [0.25, 0.3) is 0 Å². The largest absolute Gasteiger partial charge is 0.508 e. The third kappa shape index (κ3) is 5.82. The lowest BCUT2D eigenvalue weighted by Gasteiger charge is -2.15. The third-order valence-electron chi connectivity index (χ3n) is 6.09. The maximum atomic E-state index is 10.5. The number of hydrogen-bond donors (Lipinski definition) is 2. The van der Waals surface area contributed by atoms with Crippen LogP contribution in [-0.2, 0) is 25.7 Å². The molecule has 0 amide bonds. The molecule has 3 aromatic carbocycles. The Morgan fingerprint density at radius 1 is 0.444 bits per heavy atom. The Morgan fingerprint density at radius 2 is 0.778 bits per heavy atom. The van der Waals surface area contributed by atoms with Gasteiger partial charge in [0.15, 0.2) is 23.0 Å². The first kappa shape index (κ1) is 26.7. The van der Waals surface area contributed by atoms with Gasteiger partial charge in [0.1, 0.15) is 11.5 Å². The molecule has 0 fully saturated rings. The highest BCUT2D eigenvalue weighted by molar-refractivity contribution is 5.55. The van der Waals surface area contributed by atoms with Crippen LogP contribution in [0.4, 0.5) is 0 Å². The van der Waals surface area contributed by atoms with Crippen molar-refractivity contribution in [3.8, 4) is 46.0 Å². The molecule has 0 unspecified atom stereocenters. The second-order valence-electron chi connectivity index (χ2n) is 8.18. The Hall–Kier alpha value is -3.94. The van der Waals surface area contributed by atoms with Crippen LogP contribution in [0.5, 0.6) is 46.0 Å². The van der Waals surface area contributed by atoms with Crippen molar-refractivity contribution >= 4 is 0 Å². The highest BCUT2D eigenvalue weighted by Crippen LogP contribution is 2.40. The predicted molar refractivity (Wildman–Crippen MR) is 137 cm³/mol. The van der Waals surface area contributed by atoms with Gasteiger partial charge < -0.3 is 38.6 Å². The first-order valence-electron chi connectivity index (χ1n) is 11.5. The summed E-state index contributed by atoms with van der Waals surface area (Å²) in [5, 5.41) is 21.0. The lowest BCUT2D eigenvalue weighted by atomic mass is 9.97. The number of benzene rings is 3. The topological polar surface area (TPSA) is 95.8 Å². The van der Waals surface area contributed by atoms with Gasteiger partial charge in [0.2, 0.25) is 11.5 Å². The van der Waals surface area contributed by atoms with E-state index < -0.39 is 0 Å². The summed E-state index contributed by atoms with van der Waals surface area (Å²) in [7, 11) is 9.43. The second kappa shape index (κ2) is 12.2. The van der Waals surface area contributed by atoms with Gasteiger partial charge in [-0.2, -0.15) is 0 Å². The van der Waals surface area contributed by atoms with Crippen molar-refractivity contribution in [2.45, 2.75) is 25.7 Å². The van der Waals surface area contributed by atoms with Crippen LogP contribution in [0.3, 0.4) is 0 Å². The van der Waals surface area contributed by atoms with Gasteiger partial charge >= 0.3 is 0 Å². The van der Waals surface area contributed by atoms with Gasteiger partial charge in [-0.15, -0.1) is 0 Å².